The number of aromatic nitrogens is 2. The van der Waals surface area contributed by atoms with Crippen molar-refractivity contribution < 1.29 is 9.53 Å². The molecule has 0 unspecified atom stereocenters. The zero-order valence-corrected chi connectivity index (χ0v) is 16.0. The molecule has 144 valence electrons. The van der Waals surface area contributed by atoms with E-state index in [1.165, 1.54) is 12.8 Å². The summed E-state index contributed by atoms with van der Waals surface area (Å²) in [6.07, 6.45) is 3.94. The second kappa shape index (κ2) is 8.25. The lowest BCUT2D eigenvalue weighted by Crippen LogP contribution is -2.23. The molecule has 0 bridgehead atoms. The number of anilines is 1. The predicted molar refractivity (Wildman–Crippen MR) is 110 cm³/mol. The number of nitrogens with zero attached hydrogens (tertiary/aromatic N) is 3. The topological polar surface area (TPSA) is 67.3 Å². The number of nitrogens with one attached hydrogen (secondary N) is 1. The van der Waals surface area contributed by atoms with Gasteiger partial charge in [-0.1, -0.05) is 12.1 Å². The Hall–Kier alpha value is -3.15. The van der Waals surface area contributed by atoms with Gasteiger partial charge in [-0.2, -0.15) is 0 Å². The fourth-order valence-electron chi connectivity index (χ4n) is 3.56. The van der Waals surface area contributed by atoms with Crippen LogP contribution in [0.2, 0.25) is 0 Å². The summed E-state index contributed by atoms with van der Waals surface area (Å²) in [7, 11) is 0. The number of amides is 1. The van der Waals surface area contributed by atoms with Gasteiger partial charge in [0.2, 0.25) is 0 Å². The Labute approximate surface area is 164 Å². The normalized spacial score (nSPS) is 13.7. The van der Waals surface area contributed by atoms with Gasteiger partial charge in [0.1, 0.15) is 17.9 Å². The lowest BCUT2D eigenvalue weighted by molar-refractivity contribution is 0.0951. The maximum Gasteiger partial charge on any atom is 0.251 e. The van der Waals surface area contributed by atoms with E-state index in [0.29, 0.717) is 18.7 Å². The third kappa shape index (κ3) is 3.91. The number of hydrogen-bond donors (Lipinski definition) is 1. The first-order valence-electron chi connectivity index (χ1n) is 9.74. The van der Waals surface area contributed by atoms with Gasteiger partial charge in [-0.25, -0.2) is 9.97 Å². The van der Waals surface area contributed by atoms with E-state index >= 15 is 0 Å². The molecule has 1 aliphatic rings. The quantitative estimate of drug-likeness (QED) is 0.712. The van der Waals surface area contributed by atoms with Crippen molar-refractivity contribution in [1.82, 2.24) is 15.3 Å². The Morgan fingerprint density at radius 3 is 2.82 bits per heavy atom. The van der Waals surface area contributed by atoms with Crippen LogP contribution < -0.4 is 15.0 Å². The SMILES string of the molecule is CCOc1cccc(CNC(=O)c2ccc3ncnc(N4CCCC4)c3c2)c1. The highest BCUT2D eigenvalue weighted by Crippen LogP contribution is 2.26. The third-order valence-electron chi connectivity index (χ3n) is 4.94. The van der Waals surface area contributed by atoms with Crippen LogP contribution in [0.5, 0.6) is 5.75 Å². The van der Waals surface area contributed by atoms with Gasteiger partial charge in [-0.15, -0.1) is 0 Å². The van der Waals surface area contributed by atoms with Crippen molar-refractivity contribution in [3.8, 4) is 5.75 Å². The molecule has 0 radical (unpaired) electrons. The summed E-state index contributed by atoms with van der Waals surface area (Å²) in [5.41, 5.74) is 2.47. The van der Waals surface area contributed by atoms with E-state index in [-0.39, 0.29) is 5.91 Å². The lowest BCUT2D eigenvalue weighted by Gasteiger charge is -2.18. The molecule has 0 spiro atoms. The van der Waals surface area contributed by atoms with E-state index in [9.17, 15) is 4.79 Å². The van der Waals surface area contributed by atoms with Gasteiger partial charge in [-0.05, 0) is 55.7 Å². The highest BCUT2D eigenvalue weighted by molar-refractivity contribution is 6.00. The van der Waals surface area contributed by atoms with E-state index in [1.807, 2.05) is 49.4 Å². The Morgan fingerprint density at radius 2 is 2.00 bits per heavy atom. The summed E-state index contributed by atoms with van der Waals surface area (Å²) in [5.74, 6) is 1.62. The van der Waals surface area contributed by atoms with E-state index in [4.69, 9.17) is 4.74 Å². The average molecular weight is 376 g/mol. The largest absolute Gasteiger partial charge is 0.494 e. The number of hydrogen-bond acceptors (Lipinski definition) is 5. The van der Waals surface area contributed by atoms with Gasteiger partial charge in [-0.3, -0.25) is 4.79 Å². The number of carbonyl (C=O) groups is 1. The molecule has 6 nitrogen and oxygen atoms in total. The fourth-order valence-corrected chi connectivity index (χ4v) is 3.56. The van der Waals surface area contributed by atoms with Crippen LogP contribution in [-0.2, 0) is 6.54 Å². The first-order chi connectivity index (χ1) is 13.7. The van der Waals surface area contributed by atoms with Crippen LogP contribution >= 0.6 is 0 Å². The first kappa shape index (κ1) is 18.2. The second-order valence-electron chi connectivity index (χ2n) is 6.89. The van der Waals surface area contributed by atoms with Crippen LogP contribution in [0.1, 0.15) is 35.7 Å². The number of carbonyl (C=O) groups excluding carboxylic acids is 1. The van der Waals surface area contributed by atoms with Gasteiger partial charge in [0.05, 0.1) is 12.1 Å². The molecule has 0 atom stereocenters. The lowest BCUT2D eigenvalue weighted by atomic mass is 10.1. The minimum atomic E-state index is -0.111. The van der Waals surface area contributed by atoms with Crippen LogP contribution in [0.3, 0.4) is 0 Å². The van der Waals surface area contributed by atoms with Gasteiger partial charge in [0.25, 0.3) is 5.91 Å². The van der Waals surface area contributed by atoms with E-state index in [0.717, 1.165) is 41.1 Å². The van der Waals surface area contributed by atoms with Crippen LogP contribution in [0.4, 0.5) is 5.82 Å². The van der Waals surface area contributed by atoms with Crippen molar-refractivity contribution in [2.75, 3.05) is 24.6 Å². The van der Waals surface area contributed by atoms with Crippen molar-refractivity contribution >= 4 is 22.6 Å². The summed E-state index contributed by atoms with van der Waals surface area (Å²) >= 11 is 0. The molecule has 2 aromatic carbocycles. The molecular weight excluding hydrogens is 352 g/mol. The van der Waals surface area contributed by atoms with Gasteiger partial charge < -0.3 is 15.0 Å². The summed E-state index contributed by atoms with van der Waals surface area (Å²) < 4.78 is 5.52. The zero-order valence-electron chi connectivity index (χ0n) is 16.0. The van der Waals surface area contributed by atoms with Crippen LogP contribution in [0, 0.1) is 0 Å². The van der Waals surface area contributed by atoms with Crippen molar-refractivity contribution in [3.05, 3.63) is 59.9 Å². The molecule has 1 aromatic heterocycles. The van der Waals surface area contributed by atoms with Gasteiger partial charge >= 0.3 is 0 Å². The second-order valence-corrected chi connectivity index (χ2v) is 6.89. The molecule has 1 N–H and O–H groups in total. The number of rotatable bonds is 6. The monoisotopic (exact) mass is 376 g/mol. The smallest absolute Gasteiger partial charge is 0.251 e. The minimum Gasteiger partial charge on any atom is -0.494 e. The molecule has 3 aromatic rings. The molecule has 0 aliphatic carbocycles. The van der Waals surface area contributed by atoms with Crippen LogP contribution in [0.15, 0.2) is 48.8 Å². The number of ether oxygens (including phenoxy) is 1. The molecule has 2 heterocycles. The standard InChI is InChI=1S/C22H24N4O2/c1-2-28-18-7-5-6-16(12-18)14-23-22(27)17-8-9-20-19(13-17)21(25-15-24-20)26-10-3-4-11-26/h5-9,12-13,15H,2-4,10-11,14H2,1H3,(H,23,27). The van der Waals surface area contributed by atoms with E-state index < -0.39 is 0 Å². The molecule has 6 heteroatoms. The predicted octanol–water partition coefficient (Wildman–Crippen LogP) is 3.56. The fraction of sp³-hybridized carbons (Fsp3) is 0.318. The Kier molecular flexibility index (Phi) is 5.37. The molecule has 1 saturated heterocycles. The average Bonchev–Trinajstić information content (AvgIpc) is 3.26. The van der Waals surface area contributed by atoms with Crippen molar-refractivity contribution in [2.45, 2.75) is 26.3 Å². The van der Waals surface area contributed by atoms with Crippen LogP contribution in [-0.4, -0.2) is 35.6 Å². The molecule has 1 aliphatic heterocycles. The maximum absolute atomic E-state index is 12.7. The zero-order chi connectivity index (χ0) is 19.3. The number of fused-ring (bicyclic) bond motifs is 1. The maximum atomic E-state index is 12.7. The first-order valence-corrected chi connectivity index (χ1v) is 9.74. The van der Waals surface area contributed by atoms with Gasteiger partial charge in [0, 0.05) is 30.6 Å². The Bertz CT molecular complexity index is 983. The molecule has 28 heavy (non-hydrogen) atoms. The highest BCUT2D eigenvalue weighted by atomic mass is 16.5. The third-order valence-corrected chi connectivity index (χ3v) is 4.94. The minimum absolute atomic E-state index is 0.111. The molecule has 4 rings (SSSR count). The highest BCUT2D eigenvalue weighted by Gasteiger charge is 2.17. The summed E-state index contributed by atoms with van der Waals surface area (Å²) in [4.78, 5) is 23.8. The van der Waals surface area contributed by atoms with E-state index in [2.05, 4.69) is 20.2 Å². The molecule has 1 amide bonds. The van der Waals surface area contributed by atoms with Crippen molar-refractivity contribution in [3.63, 3.8) is 0 Å². The summed E-state index contributed by atoms with van der Waals surface area (Å²) in [6, 6.07) is 13.4. The molecule has 1 fully saturated rings. The molecular formula is C22H24N4O2. The summed E-state index contributed by atoms with van der Waals surface area (Å²) in [5, 5.41) is 3.92. The number of benzene rings is 2. The Balaban J connectivity index is 1.52. The van der Waals surface area contributed by atoms with Crippen molar-refractivity contribution in [2.24, 2.45) is 0 Å². The van der Waals surface area contributed by atoms with Crippen molar-refractivity contribution in [1.29, 1.82) is 0 Å². The van der Waals surface area contributed by atoms with E-state index in [1.54, 1.807) is 6.33 Å². The Morgan fingerprint density at radius 1 is 1.14 bits per heavy atom. The molecule has 0 saturated carbocycles. The summed E-state index contributed by atoms with van der Waals surface area (Å²) in [6.45, 7) is 5.02. The van der Waals surface area contributed by atoms with Gasteiger partial charge in [0.15, 0.2) is 0 Å². The van der Waals surface area contributed by atoms with Crippen LogP contribution in [0.25, 0.3) is 10.9 Å².